The fourth-order valence-corrected chi connectivity index (χ4v) is 5.78. The third-order valence-electron chi connectivity index (χ3n) is 5.46. The normalized spacial score (nSPS) is 16.9. The largest absolute Gasteiger partial charge is 0.389 e. The van der Waals surface area contributed by atoms with E-state index in [1.54, 1.807) is 34.7 Å². The Hall–Kier alpha value is -2.59. The van der Waals surface area contributed by atoms with E-state index in [9.17, 15) is 18.3 Å². The molecule has 1 aromatic heterocycles. The number of carbonyl (C=O) groups excluding carboxylic acids is 1. The molecule has 1 saturated heterocycles. The van der Waals surface area contributed by atoms with Gasteiger partial charge < -0.3 is 10.0 Å². The first-order chi connectivity index (χ1) is 15.6. The Morgan fingerprint density at radius 1 is 1.36 bits per heavy atom. The van der Waals surface area contributed by atoms with Gasteiger partial charge in [-0.15, -0.1) is 17.9 Å². The van der Waals surface area contributed by atoms with Crippen molar-refractivity contribution in [2.24, 2.45) is 0 Å². The number of benzene rings is 1. The maximum Gasteiger partial charge on any atom is 0.253 e. The van der Waals surface area contributed by atoms with Crippen LogP contribution < -0.4 is 4.72 Å². The average molecular weight is 488 g/mol. The second-order valence-electron chi connectivity index (χ2n) is 8.22. The summed E-state index contributed by atoms with van der Waals surface area (Å²) in [6, 6.07) is 5.03. The maximum absolute atomic E-state index is 13.0. The summed E-state index contributed by atoms with van der Waals surface area (Å²) >= 11 is 1.38. The third kappa shape index (κ3) is 6.26. The minimum atomic E-state index is -3.76. The predicted molar refractivity (Wildman–Crippen MR) is 132 cm³/mol. The van der Waals surface area contributed by atoms with Gasteiger partial charge in [-0.2, -0.15) is 0 Å². The Morgan fingerprint density at radius 2 is 2.09 bits per heavy atom. The van der Waals surface area contributed by atoms with E-state index < -0.39 is 15.6 Å². The van der Waals surface area contributed by atoms with Gasteiger partial charge in [-0.3, -0.25) is 4.79 Å². The summed E-state index contributed by atoms with van der Waals surface area (Å²) in [6.45, 7) is 10.3. The van der Waals surface area contributed by atoms with Gasteiger partial charge in [-0.1, -0.05) is 42.5 Å². The highest BCUT2D eigenvalue weighted by Gasteiger charge is 2.34. The summed E-state index contributed by atoms with van der Waals surface area (Å²) in [4.78, 5) is 18.9. The minimum absolute atomic E-state index is 0.0168. The van der Waals surface area contributed by atoms with Gasteiger partial charge in [-0.05, 0) is 38.3 Å². The molecule has 1 aromatic carbocycles. The molecule has 9 heteroatoms. The maximum atomic E-state index is 13.0. The lowest BCUT2D eigenvalue weighted by Crippen LogP contribution is -2.47. The molecular formula is C24H29N3O4S2. The zero-order valence-electron chi connectivity index (χ0n) is 18.7. The second kappa shape index (κ2) is 10.6. The Labute approximate surface area is 198 Å². The van der Waals surface area contributed by atoms with E-state index in [4.69, 9.17) is 0 Å². The number of thiazole rings is 1. The fraction of sp³-hybridized carbons (Fsp3) is 0.333. The molecule has 33 heavy (non-hydrogen) atoms. The van der Waals surface area contributed by atoms with Crippen molar-refractivity contribution in [2.45, 2.75) is 36.7 Å². The number of nitrogens with zero attached hydrogens (tertiary/aromatic N) is 2. The zero-order chi connectivity index (χ0) is 24.1. The van der Waals surface area contributed by atoms with Crippen molar-refractivity contribution in [1.29, 1.82) is 0 Å². The molecule has 176 valence electrons. The molecule has 0 saturated carbocycles. The van der Waals surface area contributed by atoms with Crippen molar-refractivity contribution in [1.82, 2.24) is 14.6 Å². The smallest absolute Gasteiger partial charge is 0.253 e. The highest BCUT2D eigenvalue weighted by atomic mass is 32.2. The molecule has 0 unspecified atom stereocenters. The summed E-state index contributed by atoms with van der Waals surface area (Å²) in [6.07, 6.45) is 7.79. The summed E-state index contributed by atoms with van der Waals surface area (Å²) in [5, 5.41) is 10.7. The average Bonchev–Trinajstić information content (AvgIpc) is 3.24. The van der Waals surface area contributed by atoms with Crippen LogP contribution in [0, 0.1) is 0 Å². The first-order valence-electron chi connectivity index (χ1n) is 10.6. The number of likely N-dealkylation sites (tertiary alicyclic amines) is 1. The number of allylic oxidation sites excluding steroid dienone is 2. The van der Waals surface area contributed by atoms with E-state index in [1.807, 2.05) is 13.0 Å². The number of hydrogen-bond donors (Lipinski definition) is 2. The van der Waals surface area contributed by atoms with Gasteiger partial charge >= 0.3 is 0 Å². The second-order valence-corrected chi connectivity index (χ2v) is 10.8. The fourth-order valence-electron chi connectivity index (χ4n) is 3.87. The Kier molecular flexibility index (Phi) is 8.01. The molecule has 0 radical (unpaired) electrons. The van der Waals surface area contributed by atoms with Crippen LogP contribution in [-0.4, -0.2) is 54.6 Å². The van der Waals surface area contributed by atoms with Gasteiger partial charge in [0.25, 0.3) is 5.91 Å². The van der Waals surface area contributed by atoms with Gasteiger partial charge in [-0.25, -0.2) is 18.1 Å². The SMILES string of the molecule is C=C/C=C(\C=C/CNS(=O)(=O)c1cccc2scnc12)C(=O)N1CCC(O)(CC(=C)C)CC1. The Morgan fingerprint density at radius 3 is 2.76 bits per heavy atom. The van der Waals surface area contributed by atoms with Crippen LogP contribution in [0.3, 0.4) is 0 Å². The molecular weight excluding hydrogens is 458 g/mol. The number of para-hydroxylation sites is 1. The molecule has 0 spiro atoms. The molecule has 0 atom stereocenters. The summed E-state index contributed by atoms with van der Waals surface area (Å²) < 4.78 is 28.8. The topological polar surface area (TPSA) is 99.6 Å². The van der Waals surface area contributed by atoms with E-state index in [1.165, 1.54) is 23.5 Å². The van der Waals surface area contributed by atoms with Crippen LogP contribution in [0.4, 0.5) is 0 Å². The predicted octanol–water partition coefficient (Wildman–Crippen LogP) is 3.56. The van der Waals surface area contributed by atoms with E-state index >= 15 is 0 Å². The minimum Gasteiger partial charge on any atom is -0.389 e. The molecule has 0 aliphatic carbocycles. The molecule has 2 heterocycles. The zero-order valence-corrected chi connectivity index (χ0v) is 20.3. The molecule has 2 aromatic rings. The summed E-state index contributed by atoms with van der Waals surface area (Å²) in [7, 11) is -3.76. The molecule has 2 N–H and O–H groups in total. The van der Waals surface area contributed by atoms with E-state index in [2.05, 4.69) is 22.9 Å². The number of piperidine rings is 1. The van der Waals surface area contributed by atoms with Gasteiger partial charge in [0.1, 0.15) is 10.4 Å². The van der Waals surface area contributed by atoms with Crippen molar-refractivity contribution in [3.8, 4) is 0 Å². The van der Waals surface area contributed by atoms with Gasteiger partial charge in [0.15, 0.2) is 0 Å². The van der Waals surface area contributed by atoms with Crippen molar-refractivity contribution in [2.75, 3.05) is 19.6 Å². The number of sulfonamides is 1. The molecule has 1 aliphatic rings. The molecule has 0 bridgehead atoms. The highest BCUT2D eigenvalue weighted by Crippen LogP contribution is 2.29. The van der Waals surface area contributed by atoms with Crippen molar-refractivity contribution in [3.63, 3.8) is 0 Å². The lowest BCUT2D eigenvalue weighted by Gasteiger charge is -2.38. The number of carbonyl (C=O) groups is 1. The number of hydrogen-bond acceptors (Lipinski definition) is 6. The number of amides is 1. The quantitative estimate of drug-likeness (QED) is 0.320. The van der Waals surface area contributed by atoms with Gasteiger partial charge in [0, 0.05) is 25.2 Å². The molecule has 3 rings (SSSR count). The number of nitrogens with one attached hydrogen (secondary N) is 1. The van der Waals surface area contributed by atoms with Gasteiger partial charge in [0.05, 0.1) is 15.8 Å². The van der Waals surface area contributed by atoms with E-state index in [0.717, 1.165) is 10.3 Å². The Bertz CT molecular complexity index is 1200. The third-order valence-corrected chi connectivity index (χ3v) is 7.71. The standard InChI is InChI=1S/C24H29N3O4S2/c1-4-7-19(23(28)27-14-11-24(29,12-15-27)16-18(2)3)8-6-13-26-33(30,31)21-10-5-9-20-22(21)25-17-32-20/h4-10,17,26,29H,1-2,11-16H2,3H3/b8-6-,19-7+. The van der Waals surface area contributed by atoms with Crippen LogP contribution >= 0.6 is 11.3 Å². The van der Waals surface area contributed by atoms with Crippen LogP contribution in [0.2, 0.25) is 0 Å². The molecule has 1 fully saturated rings. The van der Waals surface area contributed by atoms with Crippen LogP contribution in [-0.2, 0) is 14.8 Å². The summed E-state index contributed by atoms with van der Waals surface area (Å²) in [5.74, 6) is -0.182. The van der Waals surface area contributed by atoms with Crippen molar-refractivity contribution < 1.29 is 18.3 Å². The lowest BCUT2D eigenvalue weighted by atomic mass is 9.85. The number of fused-ring (bicyclic) bond motifs is 1. The number of aromatic nitrogens is 1. The molecule has 1 aliphatic heterocycles. The first kappa shape index (κ1) is 25.0. The lowest BCUT2D eigenvalue weighted by molar-refractivity contribution is -0.130. The van der Waals surface area contributed by atoms with Crippen molar-refractivity contribution >= 4 is 37.5 Å². The first-order valence-corrected chi connectivity index (χ1v) is 13.0. The monoisotopic (exact) mass is 487 g/mol. The van der Waals surface area contributed by atoms with Crippen LogP contribution in [0.15, 0.2) is 77.2 Å². The molecule has 1 amide bonds. The van der Waals surface area contributed by atoms with Crippen LogP contribution in [0.5, 0.6) is 0 Å². The van der Waals surface area contributed by atoms with Crippen LogP contribution in [0.1, 0.15) is 26.2 Å². The highest BCUT2D eigenvalue weighted by molar-refractivity contribution is 7.89. The van der Waals surface area contributed by atoms with Crippen LogP contribution in [0.25, 0.3) is 10.2 Å². The van der Waals surface area contributed by atoms with Gasteiger partial charge in [0.2, 0.25) is 10.0 Å². The molecule has 7 nitrogen and oxygen atoms in total. The number of rotatable bonds is 9. The van der Waals surface area contributed by atoms with E-state index in [-0.39, 0.29) is 17.3 Å². The van der Waals surface area contributed by atoms with E-state index in [0.29, 0.717) is 43.4 Å². The Balaban J connectivity index is 1.62. The summed E-state index contributed by atoms with van der Waals surface area (Å²) in [5.41, 5.74) is 2.55. The van der Waals surface area contributed by atoms with Crippen molar-refractivity contribution in [3.05, 3.63) is 72.3 Å². The number of aliphatic hydroxyl groups is 1.